The van der Waals surface area contributed by atoms with E-state index in [9.17, 15) is 15.2 Å². The summed E-state index contributed by atoms with van der Waals surface area (Å²) in [4.78, 5) is 18.6. The first kappa shape index (κ1) is 15.1. The first-order valence-electron chi connectivity index (χ1n) is 6.14. The molecular weight excluding hydrogens is 250 g/mol. The minimum absolute atomic E-state index is 0.122. The third-order valence-corrected chi connectivity index (χ3v) is 2.34. The number of rotatable bonds is 7. The number of aliphatic hydroxyl groups is 1. The summed E-state index contributed by atoms with van der Waals surface area (Å²) in [5.74, 6) is 0.468. The molecule has 19 heavy (non-hydrogen) atoms. The number of hydrogen-bond acceptors (Lipinski definition) is 7. The van der Waals surface area contributed by atoms with E-state index < -0.39 is 11.0 Å². The van der Waals surface area contributed by atoms with Gasteiger partial charge in [0.15, 0.2) is 0 Å². The van der Waals surface area contributed by atoms with Crippen LogP contribution in [0.5, 0.6) is 0 Å². The van der Waals surface area contributed by atoms with Crippen molar-refractivity contribution in [2.45, 2.75) is 33.3 Å². The SMILES string of the molecule is CCCNc1nc(C)c([N+](=O)[O-])c(NCC(C)O)n1. The zero-order valence-corrected chi connectivity index (χ0v) is 11.3. The molecule has 0 radical (unpaired) electrons. The van der Waals surface area contributed by atoms with Crippen LogP contribution in [0.3, 0.4) is 0 Å². The van der Waals surface area contributed by atoms with Crippen LogP contribution in [-0.4, -0.2) is 39.2 Å². The number of anilines is 2. The Balaban J connectivity index is 3.06. The highest BCUT2D eigenvalue weighted by Gasteiger charge is 2.22. The van der Waals surface area contributed by atoms with E-state index >= 15 is 0 Å². The fourth-order valence-corrected chi connectivity index (χ4v) is 1.47. The van der Waals surface area contributed by atoms with Gasteiger partial charge in [-0.1, -0.05) is 6.92 Å². The second-order valence-electron chi connectivity index (χ2n) is 4.24. The van der Waals surface area contributed by atoms with Crippen molar-refractivity contribution in [3.63, 3.8) is 0 Å². The normalized spacial score (nSPS) is 12.0. The molecule has 0 aliphatic rings. The third kappa shape index (κ3) is 4.32. The molecule has 0 fully saturated rings. The average molecular weight is 269 g/mol. The molecule has 0 aliphatic heterocycles. The first-order chi connectivity index (χ1) is 8.95. The average Bonchev–Trinajstić information content (AvgIpc) is 2.32. The standard InChI is InChI=1S/C11H19N5O3/c1-4-5-12-11-14-8(3)9(16(18)19)10(15-11)13-6-7(2)17/h7,17H,4-6H2,1-3H3,(H2,12,13,14,15). The van der Waals surface area contributed by atoms with Gasteiger partial charge in [0.05, 0.1) is 11.0 Å². The maximum Gasteiger partial charge on any atom is 0.332 e. The second-order valence-corrected chi connectivity index (χ2v) is 4.24. The van der Waals surface area contributed by atoms with Crippen LogP contribution in [-0.2, 0) is 0 Å². The van der Waals surface area contributed by atoms with Gasteiger partial charge in [-0.25, -0.2) is 4.98 Å². The summed E-state index contributed by atoms with van der Waals surface area (Å²) in [5.41, 5.74) is 0.120. The van der Waals surface area contributed by atoms with Crippen molar-refractivity contribution in [3.05, 3.63) is 15.8 Å². The van der Waals surface area contributed by atoms with Crippen LogP contribution in [0.25, 0.3) is 0 Å². The Kier molecular flexibility index (Phi) is 5.43. The van der Waals surface area contributed by atoms with Gasteiger partial charge in [-0.2, -0.15) is 4.98 Å². The Morgan fingerprint density at radius 2 is 2.11 bits per heavy atom. The van der Waals surface area contributed by atoms with Crippen molar-refractivity contribution in [2.75, 3.05) is 23.7 Å². The molecule has 0 amide bonds. The molecule has 1 aromatic rings. The van der Waals surface area contributed by atoms with E-state index in [0.717, 1.165) is 6.42 Å². The van der Waals surface area contributed by atoms with Gasteiger partial charge in [0, 0.05) is 13.1 Å². The Bertz CT molecular complexity index is 450. The van der Waals surface area contributed by atoms with Crippen molar-refractivity contribution in [1.29, 1.82) is 0 Å². The Morgan fingerprint density at radius 3 is 2.63 bits per heavy atom. The number of nitro groups is 1. The molecule has 1 heterocycles. The monoisotopic (exact) mass is 269 g/mol. The predicted molar refractivity (Wildman–Crippen MR) is 72.4 cm³/mol. The first-order valence-corrected chi connectivity index (χ1v) is 6.14. The lowest BCUT2D eigenvalue weighted by molar-refractivity contribution is -0.385. The Hall–Kier alpha value is -1.96. The van der Waals surface area contributed by atoms with Crippen LogP contribution >= 0.6 is 0 Å². The Morgan fingerprint density at radius 1 is 1.42 bits per heavy atom. The van der Waals surface area contributed by atoms with Crippen LogP contribution in [0.2, 0.25) is 0 Å². The summed E-state index contributed by atoms with van der Waals surface area (Å²) in [7, 11) is 0. The lowest BCUT2D eigenvalue weighted by Gasteiger charge is -2.11. The molecule has 0 aliphatic carbocycles. The van der Waals surface area contributed by atoms with Crippen LogP contribution in [0.15, 0.2) is 0 Å². The number of nitrogens with zero attached hydrogens (tertiary/aromatic N) is 3. The summed E-state index contributed by atoms with van der Waals surface area (Å²) in [6.07, 6.45) is 0.275. The minimum atomic E-state index is -0.623. The maximum absolute atomic E-state index is 11.0. The lowest BCUT2D eigenvalue weighted by atomic mass is 10.3. The van der Waals surface area contributed by atoms with Gasteiger partial charge in [0.1, 0.15) is 5.69 Å². The summed E-state index contributed by atoms with van der Waals surface area (Å²) in [5, 5.41) is 26.0. The fraction of sp³-hybridized carbons (Fsp3) is 0.636. The van der Waals surface area contributed by atoms with Crippen LogP contribution in [0.4, 0.5) is 17.5 Å². The molecule has 0 saturated heterocycles. The van der Waals surface area contributed by atoms with Gasteiger partial charge in [-0.15, -0.1) is 0 Å². The molecule has 3 N–H and O–H groups in total. The zero-order valence-electron chi connectivity index (χ0n) is 11.3. The van der Waals surface area contributed by atoms with Crippen molar-refractivity contribution >= 4 is 17.5 Å². The maximum atomic E-state index is 11.0. The molecule has 0 bridgehead atoms. The van der Waals surface area contributed by atoms with Crippen LogP contribution in [0, 0.1) is 17.0 Å². The Labute approximate surface area is 111 Å². The van der Waals surface area contributed by atoms with E-state index in [0.29, 0.717) is 12.5 Å². The van der Waals surface area contributed by atoms with E-state index in [1.54, 1.807) is 13.8 Å². The zero-order chi connectivity index (χ0) is 14.4. The topological polar surface area (TPSA) is 113 Å². The molecule has 1 rings (SSSR count). The lowest BCUT2D eigenvalue weighted by Crippen LogP contribution is -2.18. The largest absolute Gasteiger partial charge is 0.392 e. The van der Waals surface area contributed by atoms with Gasteiger partial charge < -0.3 is 15.7 Å². The number of aryl methyl sites for hydroxylation is 1. The smallest absolute Gasteiger partial charge is 0.332 e. The van der Waals surface area contributed by atoms with Crippen LogP contribution < -0.4 is 10.6 Å². The van der Waals surface area contributed by atoms with E-state index in [2.05, 4.69) is 20.6 Å². The number of hydrogen-bond donors (Lipinski definition) is 3. The molecule has 0 saturated carbocycles. The number of aliphatic hydroxyl groups excluding tert-OH is 1. The van der Waals surface area contributed by atoms with Gasteiger partial charge in [0.25, 0.3) is 0 Å². The quantitative estimate of drug-likeness (QED) is 0.505. The van der Waals surface area contributed by atoms with Crippen molar-refractivity contribution in [2.24, 2.45) is 0 Å². The summed E-state index contributed by atoms with van der Waals surface area (Å²) in [6.45, 7) is 6.02. The number of nitrogens with one attached hydrogen (secondary N) is 2. The van der Waals surface area contributed by atoms with E-state index in [-0.39, 0.29) is 23.7 Å². The van der Waals surface area contributed by atoms with Gasteiger partial charge >= 0.3 is 5.69 Å². The van der Waals surface area contributed by atoms with Gasteiger partial charge in [0.2, 0.25) is 11.8 Å². The molecular formula is C11H19N5O3. The summed E-state index contributed by atoms with van der Waals surface area (Å²) < 4.78 is 0. The fourth-order valence-electron chi connectivity index (χ4n) is 1.47. The molecule has 1 aromatic heterocycles. The molecule has 0 spiro atoms. The molecule has 8 heteroatoms. The molecule has 0 aromatic carbocycles. The van der Waals surface area contributed by atoms with E-state index in [1.165, 1.54) is 0 Å². The van der Waals surface area contributed by atoms with Crippen molar-refractivity contribution < 1.29 is 10.0 Å². The van der Waals surface area contributed by atoms with Crippen LogP contribution in [0.1, 0.15) is 26.0 Å². The third-order valence-electron chi connectivity index (χ3n) is 2.34. The van der Waals surface area contributed by atoms with E-state index in [4.69, 9.17) is 0 Å². The minimum Gasteiger partial charge on any atom is -0.392 e. The second kappa shape index (κ2) is 6.83. The predicted octanol–water partition coefficient (Wildman–Crippen LogP) is 1.31. The molecule has 106 valence electrons. The summed E-state index contributed by atoms with van der Waals surface area (Å²) in [6, 6.07) is 0. The molecule has 1 atom stereocenters. The van der Waals surface area contributed by atoms with Gasteiger partial charge in [-0.05, 0) is 20.3 Å². The van der Waals surface area contributed by atoms with E-state index in [1.807, 2.05) is 6.92 Å². The van der Waals surface area contributed by atoms with Crippen molar-refractivity contribution in [3.8, 4) is 0 Å². The number of aromatic nitrogens is 2. The van der Waals surface area contributed by atoms with Crippen molar-refractivity contribution in [1.82, 2.24) is 9.97 Å². The highest BCUT2D eigenvalue weighted by atomic mass is 16.6. The van der Waals surface area contributed by atoms with Gasteiger partial charge in [-0.3, -0.25) is 10.1 Å². The molecule has 1 unspecified atom stereocenters. The molecule has 8 nitrogen and oxygen atoms in total. The highest BCUT2D eigenvalue weighted by Crippen LogP contribution is 2.26. The summed E-state index contributed by atoms with van der Waals surface area (Å²) >= 11 is 0. The highest BCUT2D eigenvalue weighted by molar-refractivity contribution is 5.60.